The Morgan fingerprint density at radius 2 is 2.09 bits per heavy atom. The van der Waals surface area contributed by atoms with Crippen LogP contribution in [0.15, 0.2) is 17.1 Å². The molecular formula is C15H27N2NaO4. The van der Waals surface area contributed by atoms with Crippen molar-refractivity contribution in [3.63, 3.8) is 0 Å². The molecule has 1 unspecified atom stereocenters. The molecule has 0 aromatic carbocycles. The van der Waals surface area contributed by atoms with Gasteiger partial charge in [-0.1, -0.05) is 31.9 Å². The predicted octanol–water partition coefficient (Wildman–Crippen LogP) is -2.00. The van der Waals surface area contributed by atoms with Crippen LogP contribution in [-0.2, 0) is 4.79 Å². The summed E-state index contributed by atoms with van der Waals surface area (Å²) in [5.74, 6) is -1.13. The van der Waals surface area contributed by atoms with E-state index in [4.69, 9.17) is 5.11 Å². The van der Waals surface area contributed by atoms with Gasteiger partial charge >= 0.3 is 35.5 Å². The monoisotopic (exact) mass is 322 g/mol. The summed E-state index contributed by atoms with van der Waals surface area (Å²) in [6, 6.07) is 0. The number of aliphatic imine (C=N–C) groups is 1. The van der Waals surface area contributed by atoms with E-state index < -0.39 is 12.1 Å². The molecular weight excluding hydrogens is 295 g/mol. The van der Waals surface area contributed by atoms with Crippen molar-refractivity contribution in [2.24, 2.45) is 4.99 Å². The summed E-state index contributed by atoms with van der Waals surface area (Å²) in [6.07, 6.45) is 6.65. The number of aliphatic hydroxyl groups is 1. The van der Waals surface area contributed by atoms with Crippen molar-refractivity contribution in [1.82, 2.24) is 4.90 Å². The average Bonchev–Trinajstić information content (AvgIpc) is 2.41. The van der Waals surface area contributed by atoms with E-state index in [2.05, 4.69) is 11.9 Å². The van der Waals surface area contributed by atoms with Crippen molar-refractivity contribution in [1.29, 1.82) is 0 Å². The minimum Gasteiger partial charge on any atom is -0.862 e. The SMILES string of the molecule is CCCC/C=C/CC([O-])=NCN(CCC(=O)O)CC(C)O.[Na+]. The van der Waals surface area contributed by atoms with Crippen LogP contribution in [-0.4, -0.2) is 52.8 Å². The first-order chi connectivity index (χ1) is 9.95. The Morgan fingerprint density at radius 1 is 1.41 bits per heavy atom. The zero-order valence-corrected chi connectivity index (χ0v) is 16.0. The second-order valence-electron chi connectivity index (χ2n) is 5.08. The van der Waals surface area contributed by atoms with Gasteiger partial charge in [-0.2, -0.15) is 0 Å². The van der Waals surface area contributed by atoms with Gasteiger partial charge in [-0.3, -0.25) is 14.7 Å². The number of unbranched alkanes of at least 4 members (excludes halogenated alkanes) is 2. The van der Waals surface area contributed by atoms with Crippen LogP contribution < -0.4 is 34.7 Å². The minimum atomic E-state index is -0.907. The summed E-state index contributed by atoms with van der Waals surface area (Å²) in [5, 5.41) is 29.6. The van der Waals surface area contributed by atoms with E-state index in [1.807, 2.05) is 12.2 Å². The molecule has 2 N–H and O–H groups in total. The number of rotatable bonds is 12. The quantitative estimate of drug-likeness (QED) is 0.142. The molecule has 0 radical (unpaired) electrons. The van der Waals surface area contributed by atoms with Gasteiger partial charge in [0, 0.05) is 13.1 Å². The number of allylic oxidation sites excluding steroid dienone is 1. The van der Waals surface area contributed by atoms with Crippen LogP contribution in [0, 0.1) is 0 Å². The fraction of sp³-hybridized carbons (Fsp3) is 0.733. The second-order valence-corrected chi connectivity index (χ2v) is 5.08. The first kappa shape index (κ1) is 23.9. The van der Waals surface area contributed by atoms with E-state index in [-0.39, 0.29) is 61.5 Å². The van der Waals surface area contributed by atoms with Crippen molar-refractivity contribution in [3.8, 4) is 0 Å². The molecule has 22 heavy (non-hydrogen) atoms. The van der Waals surface area contributed by atoms with E-state index in [0.717, 1.165) is 19.3 Å². The first-order valence-electron chi connectivity index (χ1n) is 7.43. The van der Waals surface area contributed by atoms with Crippen LogP contribution in [0.4, 0.5) is 0 Å². The molecule has 0 aliphatic rings. The van der Waals surface area contributed by atoms with Crippen LogP contribution >= 0.6 is 0 Å². The van der Waals surface area contributed by atoms with Crippen molar-refractivity contribution in [2.75, 3.05) is 19.8 Å². The molecule has 0 aliphatic carbocycles. The summed E-state index contributed by atoms with van der Waals surface area (Å²) >= 11 is 0. The molecule has 7 heteroatoms. The normalized spacial score (nSPS) is 13.4. The Morgan fingerprint density at radius 3 is 2.64 bits per heavy atom. The maximum Gasteiger partial charge on any atom is 1.00 e. The molecule has 1 atom stereocenters. The van der Waals surface area contributed by atoms with Crippen molar-refractivity contribution in [2.45, 2.75) is 52.1 Å². The number of hydrogen-bond acceptors (Lipinski definition) is 5. The number of carboxylic acids is 1. The Kier molecular flexibility index (Phi) is 16.8. The molecule has 0 saturated heterocycles. The molecule has 0 heterocycles. The molecule has 0 rings (SSSR count). The zero-order valence-electron chi connectivity index (χ0n) is 14.0. The fourth-order valence-corrected chi connectivity index (χ4v) is 1.71. The first-order valence-corrected chi connectivity index (χ1v) is 7.43. The molecule has 0 saturated carbocycles. The minimum absolute atomic E-state index is 0. The molecule has 0 aromatic heterocycles. The van der Waals surface area contributed by atoms with Crippen LogP contribution in [0.3, 0.4) is 0 Å². The van der Waals surface area contributed by atoms with E-state index in [9.17, 15) is 15.0 Å². The molecule has 0 bridgehead atoms. The third kappa shape index (κ3) is 16.0. The Balaban J connectivity index is 0. The molecule has 0 aromatic rings. The number of nitrogens with zero attached hydrogens (tertiary/aromatic N) is 2. The van der Waals surface area contributed by atoms with E-state index >= 15 is 0 Å². The van der Waals surface area contributed by atoms with Gasteiger partial charge in [0.2, 0.25) is 0 Å². The van der Waals surface area contributed by atoms with Crippen LogP contribution in [0.25, 0.3) is 0 Å². The topological polar surface area (TPSA) is 96.2 Å². The maximum atomic E-state index is 11.6. The smallest absolute Gasteiger partial charge is 0.862 e. The Hall–Kier alpha value is -0.400. The number of carboxylic acid groups (broad SMARTS) is 1. The van der Waals surface area contributed by atoms with Gasteiger partial charge in [0.05, 0.1) is 19.2 Å². The van der Waals surface area contributed by atoms with Gasteiger partial charge in [-0.15, -0.1) is 0 Å². The third-order valence-corrected chi connectivity index (χ3v) is 2.79. The summed E-state index contributed by atoms with van der Waals surface area (Å²) in [7, 11) is 0. The van der Waals surface area contributed by atoms with Crippen LogP contribution in [0.1, 0.15) is 46.0 Å². The van der Waals surface area contributed by atoms with Gasteiger partial charge in [0.15, 0.2) is 0 Å². The fourth-order valence-electron chi connectivity index (χ4n) is 1.71. The summed E-state index contributed by atoms with van der Waals surface area (Å²) in [5.41, 5.74) is 0. The van der Waals surface area contributed by atoms with Gasteiger partial charge in [-0.05, 0) is 25.7 Å². The zero-order chi connectivity index (χ0) is 16.1. The average molecular weight is 322 g/mol. The Bertz CT molecular complexity index is 346. The number of hydrogen-bond donors (Lipinski definition) is 2. The molecule has 0 fully saturated rings. The van der Waals surface area contributed by atoms with Crippen LogP contribution in [0.5, 0.6) is 0 Å². The molecule has 122 valence electrons. The van der Waals surface area contributed by atoms with Crippen molar-refractivity contribution in [3.05, 3.63) is 12.2 Å². The maximum absolute atomic E-state index is 11.6. The molecule has 6 nitrogen and oxygen atoms in total. The predicted molar refractivity (Wildman–Crippen MR) is 81.1 cm³/mol. The van der Waals surface area contributed by atoms with E-state index in [0.29, 0.717) is 6.54 Å². The standard InChI is InChI=1S/C15H28N2O4.Na/c1-3-4-5-6-7-8-14(19)16-12-17(11-13(2)18)10-9-15(20)21;/h6-7,13,18H,3-5,8-12H2,1-2H3,(H,16,19)(H,20,21);/q;+1/p-1/b7-6+;. The number of carbonyl (C=O) groups is 1. The van der Waals surface area contributed by atoms with E-state index in [1.54, 1.807) is 11.8 Å². The van der Waals surface area contributed by atoms with Crippen LogP contribution in [0.2, 0.25) is 0 Å². The van der Waals surface area contributed by atoms with Gasteiger partial charge in [0.1, 0.15) is 0 Å². The second kappa shape index (κ2) is 15.5. The van der Waals surface area contributed by atoms with E-state index in [1.165, 1.54) is 0 Å². The third-order valence-electron chi connectivity index (χ3n) is 2.79. The summed E-state index contributed by atoms with van der Waals surface area (Å²) in [6.45, 7) is 4.42. The number of aliphatic carboxylic acids is 1. The summed E-state index contributed by atoms with van der Waals surface area (Å²) < 4.78 is 0. The van der Waals surface area contributed by atoms with Gasteiger partial charge in [-0.25, -0.2) is 0 Å². The molecule has 0 aliphatic heterocycles. The molecule has 0 spiro atoms. The summed E-state index contributed by atoms with van der Waals surface area (Å²) in [4.78, 5) is 16.1. The van der Waals surface area contributed by atoms with Crippen molar-refractivity contribution < 1.29 is 49.7 Å². The number of aliphatic hydroxyl groups excluding tert-OH is 1. The van der Waals surface area contributed by atoms with Gasteiger partial charge in [0.25, 0.3) is 0 Å². The largest absolute Gasteiger partial charge is 1.00 e. The van der Waals surface area contributed by atoms with Gasteiger partial charge < -0.3 is 15.3 Å². The molecule has 0 amide bonds. The Labute approximate surface area is 155 Å². The van der Waals surface area contributed by atoms with Crippen molar-refractivity contribution >= 4 is 11.9 Å².